The molecule has 0 unspecified atom stereocenters. The summed E-state index contributed by atoms with van der Waals surface area (Å²) in [6.07, 6.45) is 1.43. The van der Waals surface area contributed by atoms with E-state index >= 15 is 0 Å². The minimum Gasteiger partial charge on any atom is -0.468 e. The summed E-state index contributed by atoms with van der Waals surface area (Å²) in [7, 11) is 1.35. The van der Waals surface area contributed by atoms with Gasteiger partial charge in [-0.1, -0.05) is 12.6 Å². The van der Waals surface area contributed by atoms with Crippen molar-refractivity contribution < 1.29 is 19.0 Å². The lowest BCUT2D eigenvalue weighted by molar-refractivity contribution is -0.145. The second-order valence-electron chi connectivity index (χ2n) is 5.24. The number of rotatable bonds is 2. The summed E-state index contributed by atoms with van der Waals surface area (Å²) in [5, 5.41) is 7.23. The van der Waals surface area contributed by atoms with Crippen LogP contribution in [0.15, 0.2) is 36.8 Å². The van der Waals surface area contributed by atoms with Crippen LogP contribution in [0, 0.1) is 5.92 Å². The first kappa shape index (κ1) is 13.6. The molecule has 2 aliphatic rings. The molecule has 0 spiro atoms. The normalized spacial score (nSPS) is 21.5. The third kappa shape index (κ3) is 2.02. The number of aromatic nitrogens is 3. The van der Waals surface area contributed by atoms with Crippen LogP contribution in [0.1, 0.15) is 11.6 Å². The van der Waals surface area contributed by atoms with E-state index in [4.69, 9.17) is 14.2 Å². The average molecular weight is 314 g/mol. The second kappa shape index (κ2) is 5.01. The lowest BCUT2D eigenvalue weighted by atomic mass is 9.89. The van der Waals surface area contributed by atoms with Gasteiger partial charge in [0.15, 0.2) is 11.5 Å². The Hall–Kier alpha value is -3.03. The molecule has 0 radical (unpaired) electrons. The highest BCUT2D eigenvalue weighted by Crippen LogP contribution is 2.41. The maximum Gasteiger partial charge on any atom is 0.317 e. The molecule has 118 valence electrons. The predicted octanol–water partition coefficient (Wildman–Crippen LogP) is 1.32. The zero-order valence-corrected chi connectivity index (χ0v) is 12.4. The van der Waals surface area contributed by atoms with Crippen molar-refractivity contribution in [2.75, 3.05) is 19.2 Å². The highest BCUT2D eigenvalue weighted by molar-refractivity contribution is 5.79. The molecule has 0 bridgehead atoms. The number of nitrogens with one attached hydrogen (secondary N) is 1. The maximum absolute atomic E-state index is 12.3. The van der Waals surface area contributed by atoms with Gasteiger partial charge < -0.3 is 19.5 Å². The molecular weight excluding hydrogens is 300 g/mol. The van der Waals surface area contributed by atoms with Gasteiger partial charge in [-0.3, -0.25) is 4.79 Å². The van der Waals surface area contributed by atoms with Crippen LogP contribution in [0.3, 0.4) is 0 Å². The van der Waals surface area contributed by atoms with Gasteiger partial charge in [0.05, 0.1) is 13.2 Å². The van der Waals surface area contributed by atoms with Gasteiger partial charge in [-0.2, -0.15) is 10.1 Å². The van der Waals surface area contributed by atoms with E-state index in [0.717, 1.165) is 5.56 Å². The Balaban J connectivity index is 1.85. The van der Waals surface area contributed by atoms with Crippen molar-refractivity contribution >= 4 is 11.9 Å². The van der Waals surface area contributed by atoms with E-state index in [0.29, 0.717) is 23.1 Å². The first-order valence-corrected chi connectivity index (χ1v) is 7.01. The quantitative estimate of drug-likeness (QED) is 0.836. The Morgan fingerprint density at radius 3 is 3.09 bits per heavy atom. The second-order valence-corrected chi connectivity index (χ2v) is 5.24. The minimum atomic E-state index is -0.630. The van der Waals surface area contributed by atoms with Crippen LogP contribution in [0.2, 0.25) is 0 Å². The van der Waals surface area contributed by atoms with E-state index in [1.807, 2.05) is 18.2 Å². The molecule has 23 heavy (non-hydrogen) atoms. The molecule has 1 aromatic carbocycles. The zero-order chi connectivity index (χ0) is 16.0. The molecular formula is C15H14N4O4. The Morgan fingerprint density at radius 2 is 2.26 bits per heavy atom. The lowest BCUT2D eigenvalue weighted by Crippen LogP contribution is -2.37. The van der Waals surface area contributed by atoms with Gasteiger partial charge in [0.25, 0.3) is 0 Å². The highest BCUT2D eigenvalue weighted by Gasteiger charge is 2.40. The molecule has 1 aromatic heterocycles. The number of hydrogen-bond donors (Lipinski definition) is 1. The predicted molar refractivity (Wildman–Crippen MR) is 79.0 cm³/mol. The average Bonchev–Trinajstić information content (AvgIpc) is 3.20. The molecule has 8 heteroatoms. The van der Waals surface area contributed by atoms with E-state index in [1.54, 1.807) is 4.68 Å². The van der Waals surface area contributed by atoms with Crippen LogP contribution in [-0.2, 0) is 9.53 Å². The topological polar surface area (TPSA) is 87.5 Å². The molecule has 3 heterocycles. The van der Waals surface area contributed by atoms with Crippen molar-refractivity contribution in [3.63, 3.8) is 0 Å². The molecule has 0 saturated carbocycles. The number of esters is 1. The van der Waals surface area contributed by atoms with Crippen LogP contribution < -0.4 is 14.8 Å². The van der Waals surface area contributed by atoms with Crippen molar-refractivity contribution in [3.05, 3.63) is 42.4 Å². The summed E-state index contributed by atoms with van der Waals surface area (Å²) < 4.78 is 17.3. The molecule has 0 fully saturated rings. The van der Waals surface area contributed by atoms with Crippen molar-refractivity contribution in [2.24, 2.45) is 5.92 Å². The Morgan fingerprint density at radius 1 is 1.43 bits per heavy atom. The summed E-state index contributed by atoms with van der Waals surface area (Å²) in [5.41, 5.74) is 1.35. The van der Waals surface area contributed by atoms with Gasteiger partial charge in [0.1, 0.15) is 12.2 Å². The van der Waals surface area contributed by atoms with Gasteiger partial charge in [0, 0.05) is 5.70 Å². The molecule has 0 aliphatic carbocycles. The summed E-state index contributed by atoms with van der Waals surface area (Å²) in [6.45, 7) is 4.13. The fraction of sp³-hybridized carbons (Fsp3) is 0.267. The monoisotopic (exact) mass is 314 g/mol. The first-order valence-electron chi connectivity index (χ1n) is 7.01. The Kier molecular flexibility index (Phi) is 2.97. The highest BCUT2D eigenvalue weighted by atomic mass is 16.7. The van der Waals surface area contributed by atoms with Crippen molar-refractivity contribution in [3.8, 4) is 11.5 Å². The standard InChI is InChI=1S/C15H14N4O4/c1-8-12(14(20)21-2)13(19-15(18-8)16-6-17-19)9-3-4-10-11(5-9)23-7-22-10/h3-6,12-13H,1,7H2,2H3,(H,16,17,18)/t12-,13+/m0/s1. The van der Waals surface area contributed by atoms with Crippen LogP contribution in [0.25, 0.3) is 0 Å². The van der Waals surface area contributed by atoms with Crippen molar-refractivity contribution in [2.45, 2.75) is 6.04 Å². The number of methoxy groups -OCH3 is 1. The molecule has 2 aromatic rings. The van der Waals surface area contributed by atoms with Gasteiger partial charge >= 0.3 is 5.97 Å². The number of benzene rings is 1. The number of carbonyl (C=O) groups is 1. The fourth-order valence-electron chi connectivity index (χ4n) is 2.93. The molecule has 0 amide bonds. The zero-order valence-electron chi connectivity index (χ0n) is 12.4. The van der Waals surface area contributed by atoms with Crippen molar-refractivity contribution in [1.82, 2.24) is 14.8 Å². The van der Waals surface area contributed by atoms with E-state index in [2.05, 4.69) is 22.0 Å². The largest absolute Gasteiger partial charge is 0.468 e. The number of anilines is 1. The van der Waals surface area contributed by atoms with Crippen LogP contribution in [0.4, 0.5) is 5.95 Å². The van der Waals surface area contributed by atoms with Gasteiger partial charge in [-0.25, -0.2) is 4.68 Å². The van der Waals surface area contributed by atoms with Crippen LogP contribution in [0.5, 0.6) is 11.5 Å². The van der Waals surface area contributed by atoms with Gasteiger partial charge in [-0.15, -0.1) is 0 Å². The molecule has 8 nitrogen and oxygen atoms in total. The van der Waals surface area contributed by atoms with E-state index in [1.165, 1.54) is 13.4 Å². The first-order chi connectivity index (χ1) is 11.2. The summed E-state index contributed by atoms with van der Waals surface area (Å²) in [5.74, 6) is 0.811. The van der Waals surface area contributed by atoms with Crippen molar-refractivity contribution in [1.29, 1.82) is 0 Å². The number of carbonyl (C=O) groups excluding carboxylic acids is 1. The summed E-state index contributed by atoms with van der Waals surface area (Å²) in [6, 6.07) is 5.10. The third-order valence-electron chi connectivity index (χ3n) is 3.99. The smallest absolute Gasteiger partial charge is 0.317 e. The van der Waals surface area contributed by atoms with E-state index < -0.39 is 17.9 Å². The van der Waals surface area contributed by atoms with Gasteiger partial charge in [0.2, 0.25) is 12.7 Å². The van der Waals surface area contributed by atoms with E-state index in [-0.39, 0.29) is 6.79 Å². The summed E-state index contributed by atoms with van der Waals surface area (Å²) >= 11 is 0. The maximum atomic E-state index is 12.3. The Labute approximate surface area is 131 Å². The Bertz CT molecular complexity index is 801. The molecule has 0 saturated heterocycles. The van der Waals surface area contributed by atoms with Crippen LogP contribution >= 0.6 is 0 Å². The molecule has 2 atom stereocenters. The molecule has 2 aliphatic heterocycles. The van der Waals surface area contributed by atoms with E-state index in [9.17, 15) is 4.79 Å². The lowest BCUT2D eigenvalue weighted by Gasteiger charge is -2.32. The number of hydrogen-bond acceptors (Lipinski definition) is 7. The number of ether oxygens (including phenoxy) is 3. The molecule has 4 rings (SSSR count). The SMILES string of the molecule is C=C1Nc2ncnn2[C@H](c2ccc3c(c2)OCO3)[C@H]1C(=O)OC. The number of nitrogens with zero attached hydrogens (tertiary/aromatic N) is 3. The van der Waals surface area contributed by atoms with Gasteiger partial charge in [-0.05, 0) is 17.7 Å². The fourth-order valence-corrected chi connectivity index (χ4v) is 2.93. The van der Waals surface area contributed by atoms with Crippen LogP contribution in [-0.4, -0.2) is 34.6 Å². The third-order valence-corrected chi connectivity index (χ3v) is 3.99. The number of fused-ring (bicyclic) bond motifs is 2. The summed E-state index contributed by atoms with van der Waals surface area (Å²) in [4.78, 5) is 16.4. The minimum absolute atomic E-state index is 0.187. The molecule has 1 N–H and O–H groups in total.